The molecule has 1 N–H and O–H groups in total. The minimum absolute atomic E-state index is 0.0638. The molecule has 1 amide bonds. The Balaban J connectivity index is 2.19. The smallest absolute Gasteiger partial charge is 0.414 e. The maximum absolute atomic E-state index is 12.2. The molecule has 1 aromatic carbocycles. The number of rotatable bonds is 3. The molecule has 1 aliphatic rings. The number of carbonyl (C=O) groups is 2. The number of esters is 1. The van der Waals surface area contributed by atoms with E-state index in [2.05, 4.69) is 0 Å². The highest BCUT2D eigenvalue weighted by molar-refractivity contribution is 7.86. The van der Waals surface area contributed by atoms with Gasteiger partial charge in [0.15, 0.2) is 0 Å². The van der Waals surface area contributed by atoms with E-state index in [0.717, 1.165) is 17.6 Å². The van der Waals surface area contributed by atoms with Crippen LogP contribution in [0.3, 0.4) is 0 Å². The fourth-order valence-electron chi connectivity index (χ4n) is 3.07. The first kappa shape index (κ1) is 19.4. The predicted molar refractivity (Wildman–Crippen MR) is 98.0 cm³/mol. The number of ether oxygens (including phenoxy) is 2. The number of thiophene rings is 1. The lowest BCUT2D eigenvalue weighted by atomic mass is 9.96. The van der Waals surface area contributed by atoms with Crippen molar-refractivity contribution in [2.45, 2.75) is 12.5 Å². The van der Waals surface area contributed by atoms with Gasteiger partial charge in [-0.1, -0.05) is 0 Å². The number of carbonyl (C=O) groups excluding carboxylic acids is 2. The maximum Gasteiger partial charge on any atom is 0.414 e. The average Bonchev–Trinajstić information content (AvgIpc) is 3.05. The number of phenolic OH excluding ortho intramolecular Hbond substituents is 1. The molecule has 1 aliphatic heterocycles. The van der Waals surface area contributed by atoms with Crippen molar-refractivity contribution in [2.24, 2.45) is 0 Å². The number of aromatic hydroxyl groups is 1. The van der Waals surface area contributed by atoms with E-state index in [0.29, 0.717) is 21.3 Å². The third kappa shape index (κ3) is 3.70. The maximum atomic E-state index is 12.2. The van der Waals surface area contributed by atoms with Gasteiger partial charge in [-0.05, 0) is 11.6 Å². The van der Waals surface area contributed by atoms with Gasteiger partial charge in [0.2, 0.25) is 0 Å². The third-order valence-corrected chi connectivity index (χ3v) is 5.83. The normalized spacial score (nSPS) is 16.9. The van der Waals surface area contributed by atoms with Crippen LogP contribution in [0.5, 0.6) is 5.75 Å². The Labute approximate surface area is 159 Å². The van der Waals surface area contributed by atoms with Crippen molar-refractivity contribution in [1.82, 2.24) is 0 Å². The number of nitrogens with zero attached hydrogens (tertiary/aromatic N) is 1. The minimum atomic E-state index is -3.76. The highest BCUT2D eigenvalue weighted by Crippen LogP contribution is 2.43. The summed E-state index contributed by atoms with van der Waals surface area (Å²) in [6.07, 6.45) is -0.456. The van der Waals surface area contributed by atoms with Crippen LogP contribution in [0.15, 0.2) is 12.1 Å². The van der Waals surface area contributed by atoms with Crippen molar-refractivity contribution in [3.05, 3.63) is 22.6 Å². The lowest BCUT2D eigenvalue weighted by molar-refractivity contribution is 0.0606. The summed E-state index contributed by atoms with van der Waals surface area (Å²) in [5.74, 6) is -0.672. The molecule has 0 saturated heterocycles. The Kier molecular flexibility index (Phi) is 5.02. The SMILES string of the molecule is COC(=O)c1cc2c3c(cc(O)c2s1)N(C(=O)OC)CC(OS(C)(=O)=O)C3. The summed E-state index contributed by atoms with van der Waals surface area (Å²) in [7, 11) is -1.31. The van der Waals surface area contributed by atoms with Gasteiger partial charge in [0.25, 0.3) is 10.1 Å². The molecule has 2 heterocycles. The minimum Gasteiger partial charge on any atom is -0.506 e. The second-order valence-corrected chi connectivity index (χ2v) is 8.60. The van der Waals surface area contributed by atoms with Gasteiger partial charge in [-0.3, -0.25) is 9.08 Å². The third-order valence-electron chi connectivity index (χ3n) is 4.07. The van der Waals surface area contributed by atoms with E-state index in [9.17, 15) is 23.1 Å². The van der Waals surface area contributed by atoms with E-state index in [4.69, 9.17) is 13.7 Å². The van der Waals surface area contributed by atoms with Crippen molar-refractivity contribution in [3.63, 3.8) is 0 Å². The summed E-state index contributed by atoms with van der Waals surface area (Å²) in [6.45, 7) is -0.0638. The number of anilines is 1. The summed E-state index contributed by atoms with van der Waals surface area (Å²) >= 11 is 1.04. The molecule has 0 bridgehead atoms. The first-order valence-electron chi connectivity index (χ1n) is 7.75. The van der Waals surface area contributed by atoms with Gasteiger partial charge < -0.3 is 14.6 Å². The topological polar surface area (TPSA) is 119 Å². The molecule has 0 fully saturated rings. The Morgan fingerprint density at radius 2 is 1.96 bits per heavy atom. The van der Waals surface area contributed by atoms with Crippen LogP contribution in [0, 0.1) is 0 Å². The molecule has 0 aliphatic carbocycles. The summed E-state index contributed by atoms with van der Waals surface area (Å²) in [5, 5.41) is 10.9. The zero-order valence-electron chi connectivity index (χ0n) is 14.7. The quantitative estimate of drug-likeness (QED) is 0.596. The zero-order valence-corrected chi connectivity index (χ0v) is 16.3. The van der Waals surface area contributed by atoms with Gasteiger partial charge in [-0.25, -0.2) is 9.59 Å². The molecule has 3 rings (SSSR count). The second-order valence-electron chi connectivity index (χ2n) is 5.95. The van der Waals surface area contributed by atoms with Gasteiger partial charge in [0, 0.05) is 17.9 Å². The van der Waals surface area contributed by atoms with Crippen LogP contribution in [0.4, 0.5) is 10.5 Å². The van der Waals surface area contributed by atoms with Crippen LogP contribution in [-0.2, 0) is 30.2 Å². The van der Waals surface area contributed by atoms with Crippen molar-refractivity contribution in [1.29, 1.82) is 0 Å². The van der Waals surface area contributed by atoms with Crippen LogP contribution < -0.4 is 4.90 Å². The van der Waals surface area contributed by atoms with Crippen LogP contribution in [0.25, 0.3) is 10.1 Å². The number of benzene rings is 1. The first-order chi connectivity index (χ1) is 12.6. The highest BCUT2D eigenvalue weighted by Gasteiger charge is 2.34. The standard InChI is InChI=1S/C16H17NO8S2/c1-23-15(19)13-5-10-9-4-8(25-27(3,21)22)7-17(16(20)24-2)11(9)6-12(18)14(10)26-13/h5-6,8,18H,4,7H2,1-3H3. The molecule has 11 heteroatoms. The molecule has 1 atom stereocenters. The van der Waals surface area contributed by atoms with Crippen LogP contribution >= 0.6 is 11.3 Å². The number of amides is 1. The molecule has 27 heavy (non-hydrogen) atoms. The molecule has 0 radical (unpaired) electrons. The second kappa shape index (κ2) is 6.98. The van der Waals surface area contributed by atoms with E-state index >= 15 is 0 Å². The average molecular weight is 415 g/mol. The fourth-order valence-corrected chi connectivity index (χ4v) is 4.71. The van der Waals surface area contributed by atoms with Gasteiger partial charge in [-0.15, -0.1) is 11.3 Å². The Morgan fingerprint density at radius 3 is 2.56 bits per heavy atom. The lowest BCUT2D eigenvalue weighted by Gasteiger charge is -2.33. The number of hydrogen-bond donors (Lipinski definition) is 1. The number of methoxy groups -OCH3 is 2. The first-order valence-corrected chi connectivity index (χ1v) is 10.4. The Bertz CT molecular complexity index is 1030. The molecule has 9 nitrogen and oxygen atoms in total. The van der Waals surface area contributed by atoms with E-state index < -0.39 is 28.3 Å². The summed E-state index contributed by atoms with van der Waals surface area (Å²) in [6, 6.07) is 2.94. The lowest BCUT2D eigenvalue weighted by Crippen LogP contribution is -2.44. The predicted octanol–water partition coefficient (Wildman–Crippen LogP) is 1.87. The molecular weight excluding hydrogens is 398 g/mol. The van der Waals surface area contributed by atoms with Crippen LogP contribution in [0.1, 0.15) is 15.2 Å². The summed E-state index contributed by atoms with van der Waals surface area (Å²) < 4.78 is 38.1. The largest absolute Gasteiger partial charge is 0.506 e. The van der Waals surface area contributed by atoms with E-state index in [1.54, 1.807) is 6.07 Å². The van der Waals surface area contributed by atoms with E-state index in [1.807, 2.05) is 0 Å². The Morgan fingerprint density at radius 1 is 1.26 bits per heavy atom. The zero-order chi connectivity index (χ0) is 19.9. The van der Waals surface area contributed by atoms with Gasteiger partial charge in [-0.2, -0.15) is 8.42 Å². The van der Waals surface area contributed by atoms with E-state index in [1.165, 1.54) is 25.2 Å². The Hall–Kier alpha value is -2.37. The number of fused-ring (bicyclic) bond motifs is 3. The molecule has 0 saturated carbocycles. The fraction of sp³-hybridized carbons (Fsp3) is 0.375. The summed E-state index contributed by atoms with van der Waals surface area (Å²) in [5.41, 5.74) is 0.939. The van der Waals surface area contributed by atoms with Crippen molar-refractivity contribution in [3.8, 4) is 5.75 Å². The van der Waals surface area contributed by atoms with Crippen molar-refractivity contribution < 1.29 is 36.8 Å². The molecule has 1 aromatic heterocycles. The monoisotopic (exact) mass is 415 g/mol. The summed E-state index contributed by atoms with van der Waals surface area (Å²) in [4.78, 5) is 25.5. The van der Waals surface area contributed by atoms with Crippen LogP contribution in [-0.4, -0.2) is 58.7 Å². The molecular formula is C16H17NO8S2. The molecule has 0 spiro atoms. The van der Waals surface area contributed by atoms with Gasteiger partial charge in [0.05, 0.1) is 43.5 Å². The number of phenols is 1. The van der Waals surface area contributed by atoms with Crippen LogP contribution in [0.2, 0.25) is 0 Å². The van der Waals surface area contributed by atoms with Gasteiger partial charge >= 0.3 is 12.1 Å². The van der Waals surface area contributed by atoms with Gasteiger partial charge in [0.1, 0.15) is 10.6 Å². The van der Waals surface area contributed by atoms with E-state index in [-0.39, 0.29) is 23.6 Å². The molecule has 1 unspecified atom stereocenters. The highest BCUT2D eigenvalue weighted by atomic mass is 32.2. The van der Waals surface area contributed by atoms with Crippen molar-refractivity contribution in [2.75, 3.05) is 31.9 Å². The molecule has 2 aromatic rings. The van der Waals surface area contributed by atoms with Crippen molar-refractivity contribution >= 4 is 49.3 Å². The molecule has 146 valence electrons. The number of hydrogen-bond acceptors (Lipinski definition) is 9.